The summed E-state index contributed by atoms with van der Waals surface area (Å²) >= 11 is 7.54. The number of nitrogens with one attached hydrogen (secondary N) is 1. The molecule has 2 rings (SSSR count). The zero-order chi connectivity index (χ0) is 11.4. The molecular formula is C12H18BrNS2. The first-order valence-electron chi connectivity index (χ1n) is 5.81. The minimum atomic E-state index is 0.635. The van der Waals surface area contributed by atoms with Crippen LogP contribution < -0.4 is 5.32 Å². The van der Waals surface area contributed by atoms with Crippen molar-refractivity contribution in [2.45, 2.75) is 37.0 Å². The van der Waals surface area contributed by atoms with Gasteiger partial charge >= 0.3 is 0 Å². The minimum Gasteiger partial charge on any atom is -0.316 e. The van der Waals surface area contributed by atoms with Gasteiger partial charge in [-0.15, -0.1) is 11.3 Å². The van der Waals surface area contributed by atoms with E-state index >= 15 is 0 Å². The van der Waals surface area contributed by atoms with Crippen LogP contribution in [0.25, 0.3) is 0 Å². The zero-order valence-electron chi connectivity index (χ0n) is 9.54. The minimum absolute atomic E-state index is 0.635. The van der Waals surface area contributed by atoms with Gasteiger partial charge < -0.3 is 5.32 Å². The number of thioether (sulfide) groups is 1. The maximum atomic E-state index is 3.52. The number of likely N-dealkylation sites (N-methyl/N-ethyl adjacent to an activating group) is 1. The Kier molecular flexibility index (Phi) is 5.20. The van der Waals surface area contributed by atoms with Crippen LogP contribution >= 0.6 is 39.0 Å². The Labute approximate surface area is 115 Å². The lowest BCUT2D eigenvalue weighted by Crippen LogP contribution is -2.38. The third-order valence-corrected chi connectivity index (χ3v) is 6.31. The van der Waals surface area contributed by atoms with E-state index in [9.17, 15) is 0 Å². The van der Waals surface area contributed by atoms with Crippen LogP contribution in [-0.2, 0) is 6.42 Å². The Hall–Kier alpha value is 0.490. The molecule has 1 fully saturated rings. The quantitative estimate of drug-likeness (QED) is 0.902. The van der Waals surface area contributed by atoms with Gasteiger partial charge in [0.25, 0.3) is 0 Å². The molecule has 1 aromatic rings. The lowest BCUT2D eigenvalue weighted by molar-refractivity contribution is 0.497. The summed E-state index contributed by atoms with van der Waals surface area (Å²) in [5.74, 6) is 1.34. The van der Waals surface area contributed by atoms with Crippen molar-refractivity contribution in [1.29, 1.82) is 0 Å². The number of rotatable bonds is 4. The molecule has 0 aromatic carbocycles. The van der Waals surface area contributed by atoms with Crippen molar-refractivity contribution in [3.8, 4) is 0 Å². The molecule has 4 heteroatoms. The summed E-state index contributed by atoms with van der Waals surface area (Å²) < 4.78 is 1.22. The maximum absolute atomic E-state index is 3.52. The molecule has 16 heavy (non-hydrogen) atoms. The Morgan fingerprint density at radius 1 is 1.56 bits per heavy atom. The summed E-state index contributed by atoms with van der Waals surface area (Å²) in [4.78, 5) is 1.48. The Morgan fingerprint density at radius 2 is 2.44 bits per heavy atom. The molecule has 1 aliphatic rings. The van der Waals surface area contributed by atoms with Crippen LogP contribution in [0.5, 0.6) is 0 Å². The molecule has 0 saturated carbocycles. The molecule has 1 N–H and O–H groups in total. The second-order valence-electron chi connectivity index (χ2n) is 4.24. The molecule has 90 valence electrons. The molecule has 0 radical (unpaired) electrons. The fraction of sp³-hybridized carbons (Fsp3) is 0.667. The van der Waals surface area contributed by atoms with Crippen LogP contribution in [0.1, 0.15) is 24.1 Å². The smallest absolute Gasteiger partial charge is 0.0285 e. The Morgan fingerprint density at radius 3 is 3.00 bits per heavy atom. The van der Waals surface area contributed by atoms with Gasteiger partial charge in [0.1, 0.15) is 0 Å². The number of thiophene rings is 1. The lowest BCUT2D eigenvalue weighted by atomic mass is 10.0. The van der Waals surface area contributed by atoms with Gasteiger partial charge in [-0.2, -0.15) is 11.8 Å². The van der Waals surface area contributed by atoms with Gasteiger partial charge in [0.05, 0.1) is 0 Å². The fourth-order valence-corrected chi connectivity index (χ4v) is 5.16. The first kappa shape index (κ1) is 12.9. The molecule has 0 aliphatic carbocycles. The van der Waals surface area contributed by atoms with E-state index in [0.717, 1.165) is 5.25 Å². The zero-order valence-corrected chi connectivity index (χ0v) is 12.8. The third kappa shape index (κ3) is 3.49. The molecule has 0 bridgehead atoms. The lowest BCUT2D eigenvalue weighted by Gasteiger charge is -2.29. The van der Waals surface area contributed by atoms with Gasteiger partial charge in [-0.05, 0) is 54.1 Å². The number of hydrogen-bond donors (Lipinski definition) is 1. The van der Waals surface area contributed by atoms with E-state index in [-0.39, 0.29) is 0 Å². The summed E-state index contributed by atoms with van der Waals surface area (Å²) in [5.41, 5.74) is 0. The predicted octanol–water partition coefficient (Wildman–Crippen LogP) is 3.93. The van der Waals surface area contributed by atoms with E-state index in [1.54, 1.807) is 0 Å². The van der Waals surface area contributed by atoms with Crippen molar-refractivity contribution in [3.63, 3.8) is 0 Å². The third-order valence-electron chi connectivity index (χ3n) is 3.08. The van der Waals surface area contributed by atoms with E-state index < -0.39 is 0 Å². The molecule has 0 amide bonds. The topological polar surface area (TPSA) is 12.0 Å². The van der Waals surface area contributed by atoms with Gasteiger partial charge in [0.15, 0.2) is 0 Å². The first-order valence-corrected chi connectivity index (χ1v) is 8.53. The highest BCUT2D eigenvalue weighted by Gasteiger charge is 2.23. The molecule has 2 unspecified atom stereocenters. The first-order chi connectivity index (χ1) is 7.79. The van der Waals surface area contributed by atoms with Crippen LogP contribution in [0.4, 0.5) is 0 Å². The van der Waals surface area contributed by atoms with Gasteiger partial charge in [-0.3, -0.25) is 0 Å². The fourth-order valence-electron chi connectivity index (χ4n) is 2.18. The Balaban J connectivity index is 1.94. The van der Waals surface area contributed by atoms with Crippen molar-refractivity contribution < 1.29 is 0 Å². The molecular weight excluding hydrogens is 302 g/mol. The molecule has 2 atom stereocenters. The maximum Gasteiger partial charge on any atom is 0.0285 e. The van der Waals surface area contributed by atoms with Gasteiger partial charge in [-0.1, -0.05) is 6.42 Å². The highest BCUT2D eigenvalue weighted by molar-refractivity contribution is 9.10. The van der Waals surface area contributed by atoms with Gasteiger partial charge in [0.2, 0.25) is 0 Å². The van der Waals surface area contributed by atoms with Crippen molar-refractivity contribution >= 4 is 39.0 Å². The van der Waals surface area contributed by atoms with Crippen molar-refractivity contribution in [2.24, 2.45) is 0 Å². The second-order valence-corrected chi connectivity index (χ2v) is 7.49. The summed E-state index contributed by atoms with van der Waals surface area (Å²) in [6.07, 6.45) is 5.36. The largest absolute Gasteiger partial charge is 0.316 e. The molecule has 1 saturated heterocycles. The molecule has 1 aromatic heterocycles. The molecule has 1 nitrogen and oxygen atoms in total. The van der Waals surface area contributed by atoms with E-state index in [0.29, 0.717) is 6.04 Å². The van der Waals surface area contributed by atoms with E-state index in [4.69, 9.17) is 0 Å². The highest BCUT2D eigenvalue weighted by atomic mass is 79.9. The van der Waals surface area contributed by atoms with E-state index in [2.05, 4.69) is 51.5 Å². The molecule has 0 spiro atoms. The van der Waals surface area contributed by atoms with E-state index in [1.165, 1.54) is 40.8 Å². The average Bonchev–Trinajstić information content (AvgIpc) is 2.73. The second kappa shape index (κ2) is 6.43. The summed E-state index contributed by atoms with van der Waals surface area (Å²) in [5, 5.41) is 6.48. The normalized spacial score (nSPS) is 23.2. The summed E-state index contributed by atoms with van der Waals surface area (Å²) in [7, 11) is 2.10. The van der Waals surface area contributed by atoms with Crippen molar-refractivity contribution in [2.75, 3.05) is 12.8 Å². The predicted molar refractivity (Wildman–Crippen MR) is 78.7 cm³/mol. The van der Waals surface area contributed by atoms with Crippen LogP contribution in [0.15, 0.2) is 15.9 Å². The number of hydrogen-bond acceptors (Lipinski definition) is 3. The average molecular weight is 320 g/mol. The SMILES string of the molecule is CNC(Cc1cc(Br)cs1)C1CCCCS1. The standard InChI is InChI=1S/C12H18BrNS2/c1-14-11(12-4-2-3-5-15-12)7-10-6-9(13)8-16-10/h6,8,11-12,14H,2-5,7H2,1H3. The summed E-state index contributed by atoms with van der Waals surface area (Å²) in [6, 6.07) is 2.89. The summed E-state index contributed by atoms with van der Waals surface area (Å²) in [6.45, 7) is 0. The van der Waals surface area contributed by atoms with Crippen molar-refractivity contribution in [1.82, 2.24) is 5.32 Å². The molecule has 2 heterocycles. The number of halogens is 1. The van der Waals surface area contributed by atoms with Crippen LogP contribution in [0.3, 0.4) is 0 Å². The van der Waals surface area contributed by atoms with Gasteiger partial charge in [-0.25, -0.2) is 0 Å². The van der Waals surface area contributed by atoms with Gasteiger partial charge in [0, 0.05) is 26.0 Å². The molecule has 1 aliphatic heterocycles. The monoisotopic (exact) mass is 319 g/mol. The Bertz CT molecular complexity index is 321. The van der Waals surface area contributed by atoms with Crippen LogP contribution in [0, 0.1) is 0 Å². The van der Waals surface area contributed by atoms with Crippen LogP contribution in [-0.4, -0.2) is 24.1 Å². The van der Waals surface area contributed by atoms with E-state index in [1.807, 2.05) is 11.3 Å². The van der Waals surface area contributed by atoms with Crippen molar-refractivity contribution in [3.05, 3.63) is 20.8 Å². The van der Waals surface area contributed by atoms with Crippen LogP contribution in [0.2, 0.25) is 0 Å². The highest BCUT2D eigenvalue weighted by Crippen LogP contribution is 2.30.